The summed E-state index contributed by atoms with van der Waals surface area (Å²) in [6.45, 7) is 7.25. The Hall–Kier alpha value is -2.04. The van der Waals surface area contributed by atoms with Gasteiger partial charge in [0.25, 0.3) is 0 Å². The predicted octanol–water partition coefficient (Wildman–Crippen LogP) is 5.37. The zero-order valence-corrected chi connectivity index (χ0v) is 19.6. The quantitative estimate of drug-likeness (QED) is 0.629. The topological polar surface area (TPSA) is 41.6 Å². The van der Waals surface area contributed by atoms with Crippen molar-refractivity contribution in [2.75, 3.05) is 20.1 Å². The molecule has 1 N–H and O–H groups in total. The summed E-state index contributed by atoms with van der Waals surface area (Å²) < 4.78 is 6.21. The van der Waals surface area contributed by atoms with Crippen LogP contribution in [0, 0.1) is 19.8 Å². The van der Waals surface area contributed by atoms with Gasteiger partial charge >= 0.3 is 0 Å². The minimum absolute atomic E-state index is 0.127. The number of carbonyl (C=O) groups is 1. The highest BCUT2D eigenvalue weighted by Gasteiger charge is 2.31. The number of hydrogen-bond acceptors (Lipinski definition) is 3. The molecular formula is C26H33ClN2O2. The number of halogens is 1. The standard InChI is InChI=1S/C26H33ClN2O2/c1-17-10-20(13-29-14-22(15-29)26(30)28-3)11-18(2)25(17)31-16-19-8-9-23(24(27)12-19)21-6-4-5-7-21/h8-12,21-22H,4-7,13-16H2,1-3H3,(H,28,30). The van der Waals surface area contributed by atoms with E-state index >= 15 is 0 Å². The number of rotatable bonds is 7. The number of amides is 1. The summed E-state index contributed by atoms with van der Waals surface area (Å²) in [5.74, 6) is 1.84. The Morgan fingerprint density at radius 1 is 1.10 bits per heavy atom. The molecule has 5 heteroatoms. The van der Waals surface area contributed by atoms with Crippen LogP contribution in [0.3, 0.4) is 0 Å². The monoisotopic (exact) mass is 440 g/mol. The number of hydrogen-bond donors (Lipinski definition) is 1. The van der Waals surface area contributed by atoms with Crippen molar-refractivity contribution in [3.63, 3.8) is 0 Å². The van der Waals surface area contributed by atoms with Gasteiger partial charge in [-0.3, -0.25) is 9.69 Å². The van der Waals surface area contributed by atoms with E-state index in [-0.39, 0.29) is 11.8 Å². The third-order valence-corrected chi connectivity index (χ3v) is 7.07. The molecule has 1 saturated heterocycles. The molecule has 0 spiro atoms. The molecule has 1 aliphatic carbocycles. The summed E-state index contributed by atoms with van der Waals surface area (Å²) in [5, 5.41) is 3.61. The average molecular weight is 441 g/mol. The van der Waals surface area contributed by atoms with E-state index in [1.165, 1.54) is 36.8 Å². The zero-order valence-electron chi connectivity index (χ0n) is 18.8. The predicted molar refractivity (Wildman–Crippen MR) is 126 cm³/mol. The first-order valence-corrected chi connectivity index (χ1v) is 11.8. The third kappa shape index (κ3) is 5.07. The van der Waals surface area contributed by atoms with Crippen LogP contribution in [0.1, 0.15) is 59.4 Å². The van der Waals surface area contributed by atoms with Crippen LogP contribution in [0.15, 0.2) is 30.3 Å². The highest BCUT2D eigenvalue weighted by Crippen LogP contribution is 2.38. The summed E-state index contributed by atoms with van der Waals surface area (Å²) in [6.07, 6.45) is 5.13. The summed E-state index contributed by atoms with van der Waals surface area (Å²) in [4.78, 5) is 14.0. The van der Waals surface area contributed by atoms with Crippen molar-refractivity contribution in [1.29, 1.82) is 0 Å². The van der Waals surface area contributed by atoms with Crippen LogP contribution in [0.4, 0.5) is 0 Å². The molecule has 4 nitrogen and oxygen atoms in total. The van der Waals surface area contributed by atoms with Gasteiger partial charge in [-0.25, -0.2) is 0 Å². The van der Waals surface area contributed by atoms with Crippen LogP contribution in [0.2, 0.25) is 5.02 Å². The molecule has 2 aromatic carbocycles. The normalized spacial score (nSPS) is 17.5. The van der Waals surface area contributed by atoms with Gasteiger partial charge in [-0.15, -0.1) is 0 Å². The average Bonchev–Trinajstić information content (AvgIpc) is 3.24. The van der Waals surface area contributed by atoms with E-state index < -0.39 is 0 Å². The summed E-state index contributed by atoms with van der Waals surface area (Å²) in [6, 6.07) is 10.8. The van der Waals surface area contributed by atoms with Crippen LogP contribution in [0.5, 0.6) is 5.75 Å². The van der Waals surface area contributed by atoms with Crippen molar-refractivity contribution >= 4 is 17.5 Å². The fourth-order valence-electron chi connectivity index (χ4n) is 5.07. The lowest BCUT2D eigenvalue weighted by atomic mass is 9.96. The molecule has 2 aromatic rings. The van der Waals surface area contributed by atoms with E-state index in [1.54, 1.807) is 7.05 Å². The highest BCUT2D eigenvalue weighted by molar-refractivity contribution is 6.31. The molecule has 1 saturated carbocycles. The molecule has 0 radical (unpaired) electrons. The van der Waals surface area contributed by atoms with Crippen molar-refractivity contribution in [1.82, 2.24) is 10.2 Å². The minimum Gasteiger partial charge on any atom is -0.488 e. The molecule has 4 rings (SSSR count). The van der Waals surface area contributed by atoms with Crippen molar-refractivity contribution in [3.05, 3.63) is 63.2 Å². The third-order valence-electron chi connectivity index (χ3n) is 6.74. The SMILES string of the molecule is CNC(=O)C1CN(Cc2cc(C)c(OCc3ccc(C4CCCC4)c(Cl)c3)c(C)c2)C1. The van der Waals surface area contributed by atoms with Gasteiger partial charge in [0.1, 0.15) is 12.4 Å². The molecule has 0 atom stereocenters. The van der Waals surface area contributed by atoms with Crippen LogP contribution in [-0.4, -0.2) is 30.9 Å². The second kappa shape index (κ2) is 9.62. The van der Waals surface area contributed by atoms with Crippen molar-refractivity contribution in [2.24, 2.45) is 5.92 Å². The first kappa shape index (κ1) is 22.2. The maximum Gasteiger partial charge on any atom is 0.225 e. The van der Waals surface area contributed by atoms with Gasteiger partial charge in [-0.1, -0.05) is 48.7 Å². The molecule has 2 fully saturated rings. The lowest BCUT2D eigenvalue weighted by Crippen LogP contribution is -2.52. The number of aryl methyl sites for hydroxylation is 2. The molecule has 0 bridgehead atoms. The van der Waals surface area contributed by atoms with Crippen molar-refractivity contribution in [3.8, 4) is 5.75 Å². The Morgan fingerprint density at radius 2 is 1.77 bits per heavy atom. The number of nitrogens with zero attached hydrogens (tertiary/aromatic N) is 1. The Labute approximate surface area is 190 Å². The molecule has 2 aliphatic rings. The number of nitrogens with one attached hydrogen (secondary N) is 1. The maximum atomic E-state index is 11.7. The maximum absolute atomic E-state index is 11.7. The summed E-state index contributed by atoms with van der Waals surface area (Å²) >= 11 is 6.60. The Morgan fingerprint density at radius 3 is 2.39 bits per heavy atom. The lowest BCUT2D eigenvalue weighted by Gasteiger charge is -2.38. The van der Waals surface area contributed by atoms with E-state index in [0.29, 0.717) is 12.5 Å². The van der Waals surface area contributed by atoms with E-state index in [9.17, 15) is 4.79 Å². The van der Waals surface area contributed by atoms with Gasteiger partial charge in [0.15, 0.2) is 0 Å². The van der Waals surface area contributed by atoms with E-state index in [4.69, 9.17) is 16.3 Å². The second-order valence-corrected chi connectivity index (χ2v) is 9.60. The molecular weight excluding hydrogens is 408 g/mol. The van der Waals surface area contributed by atoms with Gasteiger partial charge < -0.3 is 10.1 Å². The Bertz CT molecular complexity index is 923. The number of ether oxygens (including phenoxy) is 1. The minimum atomic E-state index is 0.127. The van der Waals surface area contributed by atoms with Crippen molar-refractivity contribution < 1.29 is 9.53 Å². The van der Waals surface area contributed by atoms with Gasteiger partial charge in [-0.2, -0.15) is 0 Å². The summed E-state index contributed by atoms with van der Waals surface area (Å²) in [5.41, 5.74) is 5.96. The van der Waals surface area contributed by atoms with Gasteiger partial charge in [-0.05, 0) is 66.5 Å². The van der Waals surface area contributed by atoms with E-state index in [1.807, 2.05) is 0 Å². The highest BCUT2D eigenvalue weighted by atomic mass is 35.5. The molecule has 0 aromatic heterocycles. The fraction of sp³-hybridized carbons (Fsp3) is 0.500. The number of likely N-dealkylation sites (tertiary alicyclic amines) is 1. The van der Waals surface area contributed by atoms with Gasteiger partial charge in [0.05, 0.1) is 5.92 Å². The van der Waals surface area contributed by atoms with Gasteiger partial charge in [0, 0.05) is 31.7 Å². The first-order valence-electron chi connectivity index (χ1n) is 11.4. The van der Waals surface area contributed by atoms with E-state index in [2.05, 4.69) is 54.4 Å². The Kier molecular flexibility index (Phi) is 6.88. The van der Waals surface area contributed by atoms with Crippen LogP contribution < -0.4 is 10.1 Å². The van der Waals surface area contributed by atoms with Crippen LogP contribution >= 0.6 is 11.6 Å². The number of carbonyl (C=O) groups excluding carboxylic acids is 1. The zero-order chi connectivity index (χ0) is 22.0. The van der Waals surface area contributed by atoms with E-state index in [0.717, 1.165) is 47.1 Å². The van der Waals surface area contributed by atoms with Crippen LogP contribution in [0.25, 0.3) is 0 Å². The Balaban J connectivity index is 1.36. The summed E-state index contributed by atoms with van der Waals surface area (Å²) in [7, 11) is 1.70. The van der Waals surface area contributed by atoms with Crippen molar-refractivity contribution in [2.45, 2.75) is 58.6 Å². The number of benzene rings is 2. The second-order valence-electron chi connectivity index (χ2n) is 9.19. The fourth-order valence-corrected chi connectivity index (χ4v) is 5.43. The molecule has 31 heavy (non-hydrogen) atoms. The van der Waals surface area contributed by atoms with Crippen LogP contribution in [-0.2, 0) is 17.9 Å². The molecule has 0 unspecified atom stereocenters. The lowest BCUT2D eigenvalue weighted by molar-refractivity contribution is -0.129. The molecule has 1 heterocycles. The van der Waals surface area contributed by atoms with Gasteiger partial charge in [0.2, 0.25) is 5.91 Å². The molecule has 1 aliphatic heterocycles. The first-order chi connectivity index (χ1) is 14.9. The molecule has 1 amide bonds. The largest absolute Gasteiger partial charge is 0.488 e. The molecule has 166 valence electrons. The smallest absolute Gasteiger partial charge is 0.225 e.